The molecule has 0 aromatic rings. The fraction of sp³-hybridized carbons (Fsp3) is 0.769. The molecule has 0 saturated carbocycles. The van der Waals surface area contributed by atoms with Gasteiger partial charge in [0.1, 0.15) is 12.1 Å². The SMILES string of the molecule is CC12CCC(=O)N1C(C(=O)N1CC(O)C[C@H]1C(=O)O)CS2. The molecule has 3 aliphatic heterocycles. The summed E-state index contributed by atoms with van der Waals surface area (Å²) >= 11 is 1.57. The minimum Gasteiger partial charge on any atom is -0.480 e. The second kappa shape index (κ2) is 4.88. The zero-order valence-electron chi connectivity index (χ0n) is 11.7. The highest BCUT2D eigenvalue weighted by atomic mass is 32.2. The van der Waals surface area contributed by atoms with E-state index in [9.17, 15) is 24.6 Å². The van der Waals surface area contributed by atoms with E-state index in [4.69, 9.17) is 0 Å². The van der Waals surface area contributed by atoms with Crippen LogP contribution in [0.3, 0.4) is 0 Å². The minimum absolute atomic E-state index is 0.0235. The smallest absolute Gasteiger partial charge is 0.326 e. The van der Waals surface area contributed by atoms with Crippen molar-refractivity contribution in [3.63, 3.8) is 0 Å². The van der Waals surface area contributed by atoms with Gasteiger partial charge in [-0.2, -0.15) is 0 Å². The number of fused-ring (bicyclic) bond motifs is 1. The summed E-state index contributed by atoms with van der Waals surface area (Å²) in [7, 11) is 0. The van der Waals surface area contributed by atoms with Gasteiger partial charge in [0.15, 0.2) is 0 Å². The van der Waals surface area contributed by atoms with E-state index >= 15 is 0 Å². The maximum atomic E-state index is 12.7. The van der Waals surface area contributed by atoms with E-state index in [1.807, 2.05) is 6.92 Å². The second-order valence-electron chi connectivity index (χ2n) is 6.00. The molecule has 3 heterocycles. The number of aliphatic hydroxyl groups is 1. The van der Waals surface area contributed by atoms with Gasteiger partial charge in [-0.3, -0.25) is 9.59 Å². The third-order valence-corrected chi connectivity index (χ3v) is 6.08. The van der Waals surface area contributed by atoms with E-state index in [1.54, 1.807) is 16.7 Å². The van der Waals surface area contributed by atoms with Crippen LogP contribution >= 0.6 is 11.8 Å². The molecule has 21 heavy (non-hydrogen) atoms. The van der Waals surface area contributed by atoms with Crippen molar-refractivity contribution in [1.82, 2.24) is 9.80 Å². The number of aliphatic hydroxyl groups excluding tert-OH is 1. The molecule has 3 rings (SSSR count). The zero-order valence-corrected chi connectivity index (χ0v) is 12.5. The molecule has 0 bridgehead atoms. The molecule has 3 unspecified atom stereocenters. The number of carbonyl (C=O) groups is 3. The van der Waals surface area contributed by atoms with Crippen LogP contribution in [0.1, 0.15) is 26.2 Å². The highest BCUT2D eigenvalue weighted by Gasteiger charge is 2.55. The Bertz CT molecular complexity index is 513. The first-order valence-corrected chi connectivity index (χ1v) is 7.99. The molecule has 0 aromatic carbocycles. The molecule has 0 aliphatic carbocycles. The predicted octanol–water partition coefficient (Wildman–Crippen LogP) is -0.513. The molecule has 7 nitrogen and oxygen atoms in total. The second-order valence-corrected chi connectivity index (χ2v) is 7.50. The Morgan fingerprint density at radius 1 is 1.38 bits per heavy atom. The number of carbonyl (C=O) groups excluding carboxylic acids is 2. The van der Waals surface area contributed by atoms with Gasteiger partial charge in [0.2, 0.25) is 11.8 Å². The van der Waals surface area contributed by atoms with Gasteiger partial charge in [-0.05, 0) is 13.3 Å². The van der Waals surface area contributed by atoms with Gasteiger partial charge >= 0.3 is 5.97 Å². The van der Waals surface area contributed by atoms with Crippen molar-refractivity contribution in [2.24, 2.45) is 0 Å². The molecule has 3 fully saturated rings. The van der Waals surface area contributed by atoms with E-state index in [1.165, 1.54) is 4.90 Å². The number of hydrogen-bond acceptors (Lipinski definition) is 5. The predicted molar refractivity (Wildman–Crippen MR) is 74.5 cm³/mol. The molecule has 0 spiro atoms. The maximum Gasteiger partial charge on any atom is 0.326 e. The summed E-state index contributed by atoms with van der Waals surface area (Å²) in [6.45, 7) is 1.97. The van der Waals surface area contributed by atoms with E-state index in [2.05, 4.69) is 0 Å². The topological polar surface area (TPSA) is 98.2 Å². The Balaban J connectivity index is 1.82. The van der Waals surface area contributed by atoms with Crippen LogP contribution in [0.2, 0.25) is 0 Å². The average molecular weight is 314 g/mol. The van der Waals surface area contributed by atoms with Crippen molar-refractivity contribution < 1.29 is 24.6 Å². The van der Waals surface area contributed by atoms with Crippen LogP contribution in [0.4, 0.5) is 0 Å². The summed E-state index contributed by atoms with van der Waals surface area (Å²) in [5.74, 6) is -1.03. The van der Waals surface area contributed by atoms with Gasteiger partial charge in [-0.15, -0.1) is 11.8 Å². The molecule has 2 amide bonds. The minimum atomic E-state index is -1.11. The third-order valence-electron chi connectivity index (χ3n) is 4.58. The lowest BCUT2D eigenvalue weighted by molar-refractivity contribution is -0.151. The van der Waals surface area contributed by atoms with Gasteiger partial charge in [0.05, 0.1) is 11.0 Å². The highest BCUT2D eigenvalue weighted by molar-refractivity contribution is 8.01. The molecule has 0 radical (unpaired) electrons. The number of carboxylic acids is 1. The first-order chi connectivity index (χ1) is 9.83. The van der Waals surface area contributed by atoms with Gasteiger partial charge in [-0.1, -0.05) is 0 Å². The fourth-order valence-corrected chi connectivity index (χ4v) is 4.91. The Morgan fingerprint density at radius 3 is 2.76 bits per heavy atom. The maximum absolute atomic E-state index is 12.7. The van der Waals surface area contributed by atoms with Crippen LogP contribution < -0.4 is 0 Å². The number of aliphatic carboxylic acids is 1. The summed E-state index contributed by atoms with van der Waals surface area (Å²) in [5.41, 5.74) is 0. The third kappa shape index (κ3) is 2.20. The summed E-state index contributed by atoms with van der Waals surface area (Å²) in [4.78, 5) is 38.5. The standard InChI is InChI=1S/C13H18N2O5S/c1-13-3-2-10(17)15(13)9(6-21-13)11(18)14-5-7(16)4-8(14)12(19)20/h7-9,16H,2-6H2,1H3,(H,19,20)/t7?,8-,9?,13?/m0/s1. The number of likely N-dealkylation sites (tertiary alicyclic amines) is 1. The van der Waals surface area contributed by atoms with Crippen molar-refractivity contribution >= 4 is 29.5 Å². The summed E-state index contributed by atoms with van der Waals surface area (Å²) in [5, 5.41) is 18.9. The number of amides is 2. The Labute approximate surface area is 126 Å². The highest BCUT2D eigenvalue weighted by Crippen LogP contribution is 2.47. The number of rotatable bonds is 2. The molecular formula is C13H18N2O5S. The van der Waals surface area contributed by atoms with Crippen molar-refractivity contribution in [2.75, 3.05) is 12.3 Å². The van der Waals surface area contributed by atoms with Gasteiger partial charge in [0.25, 0.3) is 0 Å². The normalized spacial score (nSPS) is 39.0. The van der Waals surface area contributed by atoms with Crippen LogP contribution in [0.15, 0.2) is 0 Å². The summed E-state index contributed by atoms with van der Waals surface area (Å²) in [6.07, 6.45) is 0.375. The zero-order chi connectivity index (χ0) is 15.4. The molecule has 0 aromatic heterocycles. The summed E-state index contributed by atoms with van der Waals surface area (Å²) < 4.78 is 0. The largest absolute Gasteiger partial charge is 0.480 e. The summed E-state index contributed by atoms with van der Waals surface area (Å²) in [6, 6.07) is -1.61. The van der Waals surface area contributed by atoms with E-state index in [0.717, 1.165) is 0 Å². The lowest BCUT2D eigenvalue weighted by Gasteiger charge is -2.32. The van der Waals surface area contributed by atoms with Crippen LogP contribution in [-0.4, -0.2) is 73.2 Å². The number of hydrogen-bond donors (Lipinski definition) is 2. The van der Waals surface area contributed by atoms with E-state index in [0.29, 0.717) is 18.6 Å². The van der Waals surface area contributed by atoms with Crippen molar-refractivity contribution in [1.29, 1.82) is 0 Å². The van der Waals surface area contributed by atoms with Crippen LogP contribution in [0.5, 0.6) is 0 Å². The fourth-order valence-electron chi connectivity index (χ4n) is 3.49. The van der Waals surface area contributed by atoms with Crippen molar-refractivity contribution in [3.8, 4) is 0 Å². The van der Waals surface area contributed by atoms with Gasteiger partial charge in [-0.25, -0.2) is 4.79 Å². The quantitative estimate of drug-likeness (QED) is 0.712. The van der Waals surface area contributed by atoms with Gasteiger partial charge < -0.3 is 20.0 Å². The van der Waals surface area contributed by atoms with E-state index < -0.39 is 24.2 Å². The Morgan fingerprint density at radius 2 is 2.10 bits per heavy atom. The average Bonchev–Trinajstić information content (AvgIpc) is 3.04. The Hall–Kier alpha value is -1.28. The van der Waals surface area contributed by atoms with Gasteiger partial charge in [0, 0.05) is 25.1 Å². The molecule has 3 aliphatic rings. The molecular weight excluding hydrogens is 296 g/mol. The van der Waals surface area contributed by atoms with Crippen LogP contribution in [0.25, 0.3) is 0 Å². The monoisotopic (exact) mass is 314 g/mol. The van der Waals surface area contributed by atoms with Crippen molar-refractivity contribution in [2.45, 2.75) is 49.2 Å². The lowest BCUT2D eigenvalue weighted by atomic mass is 10.1. The molecule has 8 heteroatoms. The first kappa shape index (κ1) is 14.6. The van der Waals surface area contributed by atoms with Crippen LogP contribution in [-0.2, 0) is 14.4 Å². The number of nitrogens with zero attached hydrogens (tertiary/aromatic N) is 2. The number of carboxylic acid groups (broad SMARTS) is 1. The molecule has 116 valence electrons. The lowest BCUT2D eigenvalue weighted by Crippen LogP contribution is -2.53. The molecule has 4 atom stereocenters. The number of β-amino-alcohol motifs (C(OH)–C–C–N with tert-alkyl or cyclic N) is 1. The van der Waals surface area contributed by atoms with E-state index in [-0.39, 0.29) is 29.7 Å². The van der Waals surface area contributed by atoms with Crippen molar-refractivity contribution in [3.05, 3.63) is 0 Å². The molecule has 2 N–H and O–H groups in total. The Kier molecular flexibility index (Phi) is 3.40. The first-order valence-electron chi connectivity index (χ1n) is 7.01. The number of thioether (sulfide) groups is 1. The van der Waals surface area contributed by atoms with Crippen LogP contribution in [0, 0.1) is 0 Å². The molecule has 3 saturated heterocycles.